The molecule has 1 atom stereocenters. The second-order valence-corrected chi connectivity index (χ2v) is 13.7. The van der Waals surface area contributed by atoms with E-state index in [1.807, 2.05) is 37.3 Å². The summed E-state index contributed by atoms with van der Waals surface area (Å²) in [7, 11) is 1.38. The third-order valence-electron chi connectivity index (χ3n) is 8.92. The lowest BCUT2D eigenvalue weighted by Gasteiger charge is -2.28. The van der Waals surface area contributed by atoms with Gasteiger partial charge in [-0.3, -0.25) is 9.36 Å². The van der Waals surface area contributed by atoms with Gasteiger partial charge in [0.1, 0.15) is 11.8 Å². The van der Waals surface area contributed by atoms with E-state index in [0.717, 1.165) is 38.1 Å². The molecule has 13 heteroatoms. The van der Waals surface area contributed by atoms with Gasteiger partial charge in [0.05, 0.1) is 23.8 Å². The van der Waals surface area contributed by atoms with Crippen LogP contribution in [-0.2, 0) is 16.1 Å². The number of thiazole rings is 1. The summed E-state index contributed by atoms with van der Waals surface area (Å²) in [6.07, 6.45) is -3.39. The van der Waals surface area contributed by atoms with Crippen molar-refractivity contribution in [2.75, 3.05) is 13.7 Å². The van der Waals surface area contributed by atoms with Crippen molar-refractivity contribution in [1.82, 2.24) is 9.13 Å². The number of benzene rings is 4. The number of nitrogens with zero attached hydrogens (tertiary/aromatic N) is 3. The van der Waals surface area contributed by atoms with E-state index in [1.165, 1.54) is 14.0 Å². The molecule has 1 aliphatic heterocycles. The summed E-state index contributed by atoms with van der Waals surface area (Å²) in [4.78, 5) is 31.9. The van der Waals surface area contributed by atoms with Crippen molar-refractivity contribution in [3.63, 3.8) is 0 Å². The minimum atomic E-state index is -5.06. The third kappa shape index (κ3) is 6.03. The average molecular weight is 751 g/mol. The van der Waals surface area contributed by atoms with E-state index in [-0.39, 0.29) is 27.3 Å². The van der Waals surface area contributed by atoms with Gasteiger partial charge in [0.2, 0.25) is 0 Å². The van der Waals surface area contributed by atoms with Gasteiger partial charge in [0, 0.05) is 44.3 Å². The summed E-state index contributed by atoms with van der Waals surface area (Å²) in [5.41, 5.74) is 0.527. The molecule has 6 aromatic rings. The molecular formula is C38H28Cl2F3N3O4S. The lowest BCUT2D eigenvalue weighted by molar-refractivity contribution is -0.140. The predicted octanol–water partition coefficient (Wildman–Crippen LogP) is 8.12. The van der Waals surface area contributed by atoms with Crippen LogP contribution in [0.1, 0.15) is 35.3 Å². The topological polar surface area (TPSA) is 74.8 Å². The normalized spacial score (nSPS) is 15.0. The summed E-state index contributed by atoms with van der Waals surface area (Å²) in [6.45, 7) is 3.60. The number of hydrogen-bond acceptors (Lipinski definition) is 6. The maximum atomic E-state index is 14.9. The first-order valence-electron chi connectivity index (χ1n) is 15.8. The fourth-order valence-corrected chi connectivity index (χ4v) is 8.10. The molecule has 0 unspecified atom stereocenters. The van der Waals surface area contributed by atoms with Crippen LogP contribution in [0.15, 0.2) is 99.9 Å². The molecule has 0 bridgehead atoms. The van der Waals surface area contributed by atoms with Crippen LogP contribution in [-0.4, -0.2) is 35.0 Å². The van der Waals surface area contributed by atoms with E-state index < -0.39 is 35.0 Å². The maximum absolute atomic E-state index is 14.9. The van der Waals surface area contributed by atoms with Crippen molar-refractivity contribution in [3.8, 4) is 5.75 Å². The zero-order valence-electron chi connectivity index (χ0n) is 27.3. The predicted molar refractivity (Wildman–Crippen MR) is 194 cm³/mol. The van der Waals surface area contributed by atoms with Crippen LogP contribution in [0.3, 0.4) is 0 Å². The SMILES string of the molecule is CCOC(=O)C1=C(C(F)(F)F)N=c2s/c(=C\c3c(C)n(Cc4ccc(Cl)cc4Cl)c4ccccc34)c(=O)n2[C@H]1c1c(OC)ccc2ccccc12. The number of alkyl halides is 3. The van der Waals surface area contributed by atoms with Crippen LogP contribution >= 0.6 is 34.5 Å². The number of esters is 1. The fraction of sp³-hybridized carbons (Fsp3) is 0.184. The van der Waals surface area contributed by atoms with Crippen molar-refractivity contribution in [2.24, 2.45) is 4.99 Å². The van der Waals surface area contributed by atoms with Crippen molar-refractivity contribution >= 4 is 68.3 Å². The Bertz CT molecular complexity index is 2610. The molecular weight excluding hydrogens is 722 g/mol. The Morgan fingerprint density at radius 1 is 1.02 bits per heavy atom. The van der Waals surface area contributed by atoms with Crippen LogP contribution in [0.25, 0.3) is 27.8 Å². The van der Waals surface area contributed by atoms with Crippen molar-refractivity contribution < 1.29 is 27.4 Å². The van der Waals surface area contributed by atoms with Crippen molar-refractivity contribution in [2.45, 2.75) is 32.6 Å². The molecule has 0 saturated heterocycles. The molecule has 260 valence electrons. The molecule has 0 spiro atoms. The Balaban J connectivity index is 1.52. The first-order chi connectivity index (χ1) is 24.4. The highest BCUT2D eigenvalue weighted by atomic mass is 35.5. The van der Waals surface area contributed by atoms with Gasteiger partial charge in [-0.05, 0) is 60.5 Å². The number of fused-ring (bicyclic) bond motifs is 3. The number of allylic oxidation sites excluding steroid dienone is 1. The molecule has 4 aromatic carbocycles. The van der Waals surface area contributed by atoms with Crippen LogP contribution in [0.2, 0.25) is 10.0 Å². The molecule has 7 rings (SSSR count). The fourth-order valence-electron chi connectivity index (χ4n) is 6.64. The van der Waals surface area contributed by atoms with Gasteiger partial charge in [-0.25, -0.2) is 9.79 Å². The summed E-state index contributed by atoms with van der Waals surface area (Å²) in [5.74, 6) is -1.04. The number of aromatic nitrogens is 2. The van der Waals surface area contributed by atoms with E-state index in [9.17, 15) is 22.8 Å². The second kappa shape index (κ2) is 13.4. The molecule has 3 heterocycles. The molecule has 7 nitrogen and oxygen atoms in total. The number of methoxy groups -OCH3 is 1. The van der Waals surface area contributed by atoms with E-state index in [2.05, 4.69) is 9.56 Å². The Hall–Kier alpha value is -4.84. The number of ether oxygens (including phenoxy) is 2. The first-order valence-corrected chi connectivity index (χ1v) is 17.4. The van der Waals surface area contributed by atoms with Crippen LogP contribution in [0.5, 0.6) is 5.75 Å². The molecule has 2 aromatic heterocycles. The van der Waals surface area contributed by atoms with Gasteiger partial charge in [-0.15, -0.1) is 0 Å². The molecule has 1 aliphatic rings. The third-order valence-corrected chi connectivity index (χ3v) is 10.5. The molecule has 51 heavy (non-hydrogen) atoms. The Morgan fingerprint density at radius 2 is 1.75 bits per heavy atom. The maximum Gasteiger partial charge on any atom is 0.434 e. The number of para-hydroxylation sites is 1. The summed E-state index contributed by atoms with van der Waals surface area (Å²) >= 11 is 13.5. The minimum Gasteiger partial charge on any atom is -0.496 e. The van der Waals surface area contributed by atoms with E-state index in [1.54, 1.807) is 54.6 Å². The average Bonchev–Trinajstić information content (AvgIpc) is 3.56. The number of carbonyl (C=O) groups excluding carboxylic acids is 1. The second-order valence-electron chi connectivity index (χ2n) is 11.8. The molecule has 0 saturated carbocycles. The molecule has 0 radical (unpaired) electrons. The Morgan fingerprint density at radius 3 is 2.45 bits per heavy atom. The lowest BCUT2D eigenvalue weighted by Crippen LogP contribution is -2.41. The van der Waals surface area contributed by atoms with Gasteiger partial charge in [0.25, 0.3) is 5.56 Å². The van der Waals surface area contributed by atoms with Gasteiger partial charge < -0.3 is 14.0 Å². The smallest absolute Gasteiger partial charge is 0.434 e. The van der Waals surface area contributed by atoms with Crippen LogP contribution in [0, 0.1) is 6.92 Å². The molecule has 0 fully saturated rings. The minimum absolute atomic E-state index is 0.125. The highest BCUT2D eigenvalue weighted by molar-refractivity contribution is 7.07. The lowest BCUT2D eigenvalue weighted by atomic mass is 9.90. The quantitative estimate of drug-likeness (QED) is 0.155. The number of carbonyl (C=O) groups is 1. The zero-order valence-corrected chi connectivity index (χ0v) is 29.7. The van der Waals surface area contributed by atoms with Gasteiger partial charge >= 0.3 is 12.1 Å². The number of hydrogen-bond donors (Lipinski definition) is 0. The summed E-state index contributed by atoms with van der Waals surface area (Å²) < 4.78 is 58.8. The standard InChI is InChI=1S/C38H28Cl2F3N3O4S/c1-4-50-36(48)32-33(31-24-10-6-5-9-21(24)14-16-29(31)49-3)46-35(47)30(51-37(46)44-34(32)38(41,42)43)18-26-20(2)45(28-12-8-7-11-25(26)28)19-22-13-15-23(39)17-27(22)40/h5-18,33H,4,19H2,1-3H3/b30-18-/t33-/m0/s1. The van der Waals surface area contributed by atoms with Crippen LogP contribution < -0.4 is 19.6 Å². The summed E-state index contributed by atoms with van der Waals surface area (Å²) in [5, 5.41) is 3.00. The van der Waals surface area contributed by atoms with E-state index in [4.69, 9.17) is 32.7 Å². The van der Waals surface area contributed by atoms with Gasteiger partial charge in [-0.2, -0.15) is 13.2 Å². The zero-order chi connectivity index (χ0) is 36.2. The van der Waals surface area contributed by atoms with E-state index in [0.29, 0.717) is 32.9 Å². The largest absolute Gasteiger partial charge is 0.496 e. The van der Waals surface area contributed by atoms with Crippen molar-refractivity contribution in [3.05, 3.63) is 142 Å². The van der Waals surface area contributed by atoms with Crippen molar-refractivity contribution in [1.29, 1.82) is 0 Å². The molecule has 0 aliphatic carbocycles. The Kier molecular flexibility index (Phi) is 9.07. The summed E-state index contributed by atoms with van der Waals surface area (Å²) in [6, 6.07) is 21.7. The Labute approximate surface area is 303 Å². The first kappa shape index (κ1) is 34.6. The number of halogens is 5. The monoisotopic (exact) mass is 749 g/mol. The highest BCUT2D eigenvalue weighted by Crippen LogP contribution is 2.43. The van der Waals surface area contributed by atoms with Gasteiger partial charge in [-0.1, -0.05) is 89.1 Å². The van der Waals surface area contributed by atoms with Crippen LogP contribution in [0.4, 0.5) is 13.2 Å². The molecule has 0 N–H and O–H groups in total. The molecule has 0 amide bonds. The van der Waals surface area contributed by atoms with E-state index >= 15 is 0 Å². The highest BCUT2D eigenvalue weighted by Gasteiger charge is 2.46. The van der Waals surface area contributed by atoms with Gasteiger partial charge in [0.15, 0.2) is 10.5 Å². The number of rotatable bonds is 7.